The summed E-state index contributed by atoms with van der Waals surface area (Å²) >= 11 is 0. The summed E-state index contributed by atoms with van der Waals surface area (Å²) in [4.78, 5) is 11.6. The first-order valence-corrected chi connectivity index (χ1v) is 7.79. The number of likely N-dealkylation sites (N-methyl/N-ethyl adjacent to an activating group) is 1. The Morgan fingerprint density at radius 2 is 1.55 bits per heavy atom. The molecule has 0 aromatic heterocycles. The number of quaternary nitrogens is 1. The molecule has 20 heavy (non-hydrogen) atoms. The van der Waals surface area contributed by atoms with Crippen molar-refractivity contribution in [2.24, 2.45) is 23.2 Å². The molecule has 0 N–H and O–H groups in total. The van der Waals surface area contributed by atoms with Crippen molar-refractivity contribution in [2.75, 3.05) is 34.3 Å². The predicted molar refractivity (Wildman–Crippen MR) is 74.5 cm³/mol. The van der Waals surface area contributed by atoms with Gasteiger partial charge in [-0.3, -0.25) is 0 Å². The zero-order chi connectivity index (χ0) is 13.7. The molecule has 4 bridgehead atoms. The number of hydrogen-bond donors (Lipinski definition) is 0. The molecule has 0 saturated heterocycles. The van der Waals surface area contributed by atoms with Gasteiger partial charge >= 0.3 is 5.97 Å². The van der Waals surface area contributed by atoms with E-state index < -0.39 is 0 Å². The van der Waals surface area contributed by atoms with Crippen LogP contribution in [0.4, 0.5) is 0 Å². The summed E-state index contributed by atoms with van der Waals surface area (Å²) in [5.41, 5.74) is 0.534. The van der Waals surface area contributed by atoms with E-state index in [2.05, 4.69) is 14.1 Å². The third-order valence-electron chi connectivity index (χ3n) is 5.71. The number of hydrogen-bond acceptors (Lipinski definition) is 2. The number of ether oxygens (including phenoxy) is 1. The first kappa shape index (κ1) is 16.3. The molecule has 4 fully saturated rings. The maximum atomic E-state index is 11.6. The van der Waals surface area contributed by atoms with E-state index in [0.717, 1.165) is 28.8 Å². The molecule has 0 aromatic rings. The van der Waals surface area contributed by atoms with Crippen molar-refractivity contribution in [3.63, 3.8) is 0 Å². The Morgan fingerprint density at radius 3 is 1.95 bits per heavy atom. The largest absolute Gasteiger partial charge is 1.00 e. The Kier molecular flexibility index (Phi) is 4.56. The zero-order valence-electron chi connectivity index (χ0n) is 13.0. The smallest absolute Gasteiger partial charge is 0.361 e. The summed E-state index contributed by atoms with van der Waals surface area (Å²) in [5.74, 6) is 2.90. The van der Waals surface area contributed by atoms with Crippen molar-refractivity contribution in [3.05, 3.63) is 0 Å². The number of halogens is 1. The maximum Gasteiger partial charge on any atom is 0.361 e. The molecule has 116 valence electrons. The lowest BCUT2D eigenvalue weighted by Gasteiger charge is -2.57. The second-order valence-electron chi connectivity index (χ2n) is 8.25. The SMILES string of the molecule is COC(=O)C[N+](C)(C)CC12CC3CC(CC(C3)C1)C2.[Br-]. The highest BCUT2D eigenvalue weighted by Crippen LogP contribution is 2.60. The summed E-state index contributed by atoms with van der Waals surface area (Å²) < 4.78 is 5.64. The van der Waals surface area contributed by atoms with Gasteiger partial charge in [-0.15, -0.1) is 0 Å². The number of carbonyl (C=O) groups is 1. The van der Waals surface area contributed by atoms with Crippen LogP contribution < -0.4 is 17.0 Å². The van der Waals surface area contributed by atoms with Gasteiger partial charge in [0.05, 0.1) is 27.7 Å². The fourth-order valence-corrected chi connectivity index (χ4v) is 5.86. The maximum absolute atomic E-state index is 11.6. The first-order valence-electron chi connectivity index (χ1n) is 7.79. The minimum atomic E-state index is -0.0743. The number of methoxy groups -OCH3 is 1. The molecule has 4 saturated carbocycles. The van der Waals surface area contributed by atoms with Crippen LogP contribution in [0.15, 0.2) is 0 Å². The Bertz CT molecular complexity index is 345. The van der Waals surface area contributed by atoms with Gasteiger partial charge in [-0.05, 0) is 56.3 Å². The fraction of sp³-hybridized carbons (Fsp3) is 0.938. The molecule has 3 nitrogen and oxygen atoms in total. The minimum Gasteiger partial charge on any atom is -1.00 e. The van der Waals surface area contributed by atoms with E-state index >= 15 is 0 Å². The van der Waals surface area contributed by atoms with Gasteiger partial charge < -0.3 is 26.2 Å². The number of carbonyl (C=O) groups excluding carboxylic acids is 1. The van der Waals surface area contributed by atoms with Crippen LogP contribution in [-0.2, 0) is 9.53 Å². The molecule has 4 heteroatoms. The van der Waals surface area contributed by atoms with E-state index in [4.69, 9.17) is 4.74 Å². The van der Waals surface area contributed by atoms with Gasteiger partial charge in [0.25, 0.3) is 0 Å². The third-order valence-corrected chi connectivity index (χ3v) is 5.71. The number of nitrogens with zero attached hydrogens (tertiary/aromatic N) is 1. The van der Waals surface area contributed by atoms with Crippen LogP contribution in [0.2, 0.25) is 0 Å². The highest BCUT2D eigenvalue weighted by atomic mass is 79.9. The van der Waals surface area contributed by atoms with Crippen LogP contribution in [0, 0.1) is 23.2 Å². The monoisotopic (exact) mass is 345 g/mol. The van der Waals surface area contributed by atoms with Crippen LogP contribution in [0.1, 0.15) is 38.5 Å². The summed E-state index contributed by atoms with van der Waals surface area (Å²) in [6.45, 7) is 1.67. The van der Waals surface area contributed by atoms with E-state index in [9.17, 15) is 4.79 Å². The molecule has 0 amide bonds. The lowest BCUT2D eigenvalue weighted by atomic mass is 9.49. The average Bonchev–Trinajstić information content (AvgIpc) is 2.24. The van der Waals surface area contributed by atoms with Crippen molar-refractivity contribution in [3.8, 4) is 0 Å². The minimum absolute atomic E-state index is 0. The van der Waals surface area contributed by atoms with Gasteiger partial charge in [-0.2, -0.15) is 0 Å². The van der Waals surface area contributed by atoms with Crippen LogP contribution in [0.25, 0.3) is 0 Å². The highest BCUT2D eigenvalue weighted by Gasteiger charge is 2.53. The first-order chi connectivity index (χ1) is 8.90. The van der Waals surface area contributed by atoms with Crippen LogP contribution in [-0.4, -0.2) is 44.7 Å². The van der Waals surface area contributed by atoms with Crippen molar-refractivity contribution in [2.45, 2.75) is 38.5 Å². The lowest BCUT2D eigenvalue weighted by molar-refractivity contribution is -0.890. The molecule has 4 aliphatic rings. The molecule has 4 rings (SSSR count). The number of rotatable bonds is 4. The van der Waals surface area contributed by atoms with Gasteiger partial charge in [0.15, 0.2) is 6.54 Å². The Hall–Kier alpha value is -0.0900. The van der Waals surface area contributed by atoms with Crippen molar-refractivity contribution >= 4 is 5.97 Å². The van der Waals surface area contributed by atoms with E-state index in [0.29, 0.717) is 12.0 Å². The summed E-state index contributed by atoms with van der Waals surface area (Å²) in [6.07, 6.45) is 8.72. The quantitative estimate of drug-likeness (QED) is 0.505. The summed E-state index contributed by atoms with van der Waals surface area (Å²) in [5, 5.41) is 0. The molecular formula is C16H28BrNO2. The second kappa shape index (κ2) is 5.60. The average molecular weight is 346 g/mol. The lowest BCUT2D eigenvalue weighted by Crippen LogP contribution is -3.00. The molecule has 0 unspecified atom stereocenters. The Balaban J connectivity index is 0.00000147. The topological polar surface area (TPSA) is 26.3 Å². The normalized spacial score (nSPS) is 38.5. The molecular weight excluding hydrogens is 318 g/mol. The van der Waals surface area contributed by atoms with Crippen molar-refractivity contribution < 1.29 is 31.0 Å². The van der Waals surface area contributed by atoms with Gasteiger partial charge in [-0.25, -0.2) is 4.79 Å². The van der Waals surface area contributed by atoms with Gasteiger partial charge in [0.1, 0.15) is 0 Å². The van der Waals surface area contributed by atoms with Crippen molar-refractivity contribution in [1.82, 2.24) is 0 Å². The Labute approximate surface area is 133 Å². The third kappa shape index (κ3) is 3.22. The molecule has 0 atom stereocenters. The number of esters is 1. The van der Waals surface area contributed by atoms with E-state index in [1.54, 1.807) is 0 Å². The van der Waals surface area contributed by atoms with Crippen LogP contribution in [0.5, 0.6) is 0 Å². The predicted octanol–water partition coefficient (Wildman–Crippen LogP) is -0.544. The summed E-state index contributed by atoms with van der Waals surface area (Å²) in [7, 11) is 5.87. The highest BCUT2D eigenvalue weighted by molar-refractivity contribution is 5.70. The molecule has 0 radical (unpaired) electrons. The molecule has 4 aliphatic carbocycles. The molecule has 0 heterocycles. The van der Waals surface area contributed by atoms with Gasteiger partial charge in [0.2, 0.25) is 0 Å². The Morgan fingerprint density at radius 1 is 1.10 bits per heavy atom. The standard InChI is InChI=1S/C16H28NO2.BrH/c1-17(2,10-15(18)19-3)11-16-7-12-4-13(8-16)6-14(5-12)9-16;/h12-14H,4-11H2,1-3H3;1H/q+1;/p-1. The van der Waals surface area contributed by atoms with E-state index in [-0.39, 0.29) is 23.0 Å². The molecule has 0 aliphatic heterocycles. The van der Waals surface area contributed by atoms with Gasteiger partial charge in [-0.1, -0.05) is 0 Å². The fourth-order valence-electron chi connectivity index (χ4n) is 5.86. The van der Waals surface area contributed by atoms with E-state index in [1.165, 1.54) is 45.6 Å². The summed E-state index contributed by atoms with van der Waals surface area (Å²) in [6, 6.07) is 0. The van der Waals surface area contributed by atoms with Gasteiger partial charge in [0, 0.05) is 5.41 Å². The molecule has 0 spiro atoms. The second-order valence-corrected chi connectivity index (χ2v) is 8.25. The van der Waals surface area contributed by atoms with Crippen LogP contribution >= 0.6 is 0 Å². The van der Waals surface area contributed by atoms with E-state index in [1.807, 2.05) is 0 Å². The molecule has 0 aromatic carbocycles. The zero-order valence-corrected chi connectivity index (χ0v) is 14.6. The van der Waals surface area contributed by atoms with Crippen LogP contribution in [0.3, 0.4) is 0 Å². The van der Waals surface area contributed by atoms with Crippen molar-refractivity contribution in [1.29, 1.82) is 0 Å².